The number of oxazole rings is 1. The number of hydrogen-bond acceptors (Lipinski definition) is 6. The molecule has 7 heteroatoms. The fourth-order valence-electron chi connectivity index (χ4n) is 3.00. The third kappa shape index (κ3) is 2.63. The first-order valence-corrected chi connectivity index (χ1v) is 7.43. The van der Waals surface area contributed by atoms with Gasteiger partial charge in [-0.15, -0.1) is 0 Å². The van der Waals surface area contributed by atoms with E-state index in [-0.39, 0.29) is 30.8 Å². The van der Waals surface area contributed by atoms with Crippen LogP contribution in [0.5, 0.6) is 0 Å². The molecule has 2 aliphatic heterocycles. The monoisotopic (exact) mass is 316 g/mol. The molecule has 4 atom stereocenters. The highest BCUT2D eigenvalue weighted by Gasteiger charge is 2.47. The molecule has 0 unspecified atom stereocenters. The van der Waals surface area contributed by atoms with Crippen LogP contribution in [0.25, 0.3) is 11.3 Å². The average molecular weight is 316 g/mol. The molecule has 23 heavy (non-hydrogen) atoms. The fourth-order valence-corrected chi connectivity index (χ4v) is 3.00. The summed E-state index contributed by atoms with van der Waals surface area (Å²) in [5.41, 5.74) is 1.39. The summed E-state index contributed by atoms with van der Waals surface area (Å²) in [5.74, 6) is 0.450. The number of carbonyl (C=O) groups excluding carboxylic acids is 1. The van der Waals surface area contributed by atoms with Crippen LogP contribution in [0, 0.1) is 0 Å². The van der Waals surface area contributed by atoms with E-state index in [9.17, 15) is 9.90 Å². The van der Waals surface area contributed by atoms with Crippen LogP contribution in [0.1, 0.15) is 10.4 Å². The first-order chi connectivity index (χ1) is 11.2. The molecule has 1 aromatic carbocycles. The Kier molecular flexibility index (Phi) is 3.60. The molecule has 0 aliphatic carbocycles. The van der Waals surface area contributed by atoms with Crippen molar-refractivity contribution in [1.29, 1.82) is 0 Å². The lowest BCUT2D eigenvalue weighted by Gasteiger charge is -2.17. The number of aromatic nitrogens is 1. The Morgan fingerprint density at radius 3 is 2.70 bits per heavy atom. The summed E-state index contributed by atoms with van der Waals surface area (Å²) in [6.07, 6.45) is 1.72. The van der Waals surface area contributed by atoms with Crippen LogP contribution in [-0.2, 0) is 9.47 Å². The van der Waals surface area contributed by atoms with Crippen molar-refractivity contribution < 1.29 is 23.8 Å². The van der Waals surface area contributed by atoms with E-state index >= 15 is 0 Å². The van der Waals surface area contributed by atoms with Gasteiger partial charge in [-0.1, -0.05) is 12.1 Å². The molecule has 1 amide bonds. The minimum Gasteiger partial charge on any atom is -0.444 e. The zero-order valence-electron chi connectivity index (χ0n) is 12.2. The molecule has 0 saturated carbocycles. The molecule has 0 radical (unpaired) electrons. The number of ether oxygens (including phenoxy) is 2. The van der Waals surface area contributed by atoms with Gasteiger partial charge in [0.25, 0.3) is 5.91 Å². The van der Waals surface area contributed by atoms with Gasteiger partial charge in [0.15, 0.2) is 12.2 Å². The number of aliphatic hydroxyl groups is 1. The minimum absolute atomic E-state index is 0.201. The minimum atomic E-state index is -0.622. The van der Waals surface area contributed by atoms with Crippen LogP contribution in [0.3, 0.4) is 0 Å². The Labute approximate surface area is 132 Å². The van der Waals surface area contributed by atoms with Crippen molar-refractivity contribution in [3.05, 3.63) is 42.4 Å². The largest absolute Gasteiger partial charge is 0.444 e. The number of carbonyl (C=O) groups is 1. The molecule has 0 spiro atoms. The smallest absolute Gasteiger partial charge is 0.251 e. The molecular weight excluding hydrogens is 300 g/mol. The number of amides is 1. The first kappa shape index (κ1) is 14.4. The Hall–Kier alpha value is -2.22. The molecule has 0 bridgehead atoms. The highest BCUT2D eigenvalue weighted by atomic mass is 16.6. The number of nitrogens with zero attached hydrogens (tertiary/aromatic N) is 1. The lowest BCUT2D eigenvalue weighted by Crippen LogP contribution is -2.44. The van der Waals surface area contributed by atoms with Crippen molar-refractivity contribution in [2.45, 2.75) is 24.4 Å². The lowest BCUT2D eigenvalue weighted by atomic mass is 10.1. The fraction of sp³-hybridized carbons (Fsp3) is 0.375. The van der Waals surface area contributed by atoms with E-state index < -0.39 is 6.10 Å². The number of aliphatic hydroxyl groups excluding tert-OH is 1. The molecule has 2 aliphatic rings. The first-order valence-electron chi connectivity index (χ1n) is 7.43. The normalized spacial score (nSPS) is 29.4. The summed E-state index contributed by atoms with van der Waals surface area (Å²) < 4.78 is 16.2. The highest BCUT2D eigenvalue weighted by molar-refractivity contribution is 5.94. The summed E-state index contributed by atoms with van der Waals surface area (Å²) in [7, 11) is 0. The van der Waals surface area contributed by atoms with Crippen molar-refractivity contribution in [3.8, 4) is 11.3 Å². The van der Waals surface area contributed by atoms with E-state index in [1.54, 1.807) is 30.5 Å². The predicted molar refractivity (Wildman–Crippen MR) is 78.7 cm³/mol. The molecule has 2 aromatic rings. The van der Waals surface area contributed by atoms with Crippen LogP contribution in [-0.4, -0.2) is 53.6 Å². The van der Waals surface area contributed by atoms with E-state index in [2.05, 4.69) is 10.3 Å². The molecule has 3 heterocycles. The van der Waals surface area contributed by atoms with Crippen molar-refractivity contribution in [2.75, 3.05) is 13.2 Å². The summed E-state index contributed by atoms with van der Waals surface area (Å²) in [6.45, 7) is 0.585. The summed E-state index contributed by atoms with van der Waals surface area (Å²) in [5, 5.41) is 12.6. The maximum Gasteiger partial charge on any atom is 0.251 e. The third-order valence-electron chi connectivity index (χ3n) is 4.21. The summed E-state index contributed by atoms with van der Waals surface area (Å²) >= 11 is 0. The quantitative estimate of drug-likeness (QED) is 0.861. The van der Waals surface area contributed by atoms with E-state index in [1.165, 1.54) is 6.39 Å². The van der Waals surface area contributed by atoms with E-state index in [0.29, 0.717) is 17.9 Å². The SMILES string of the molecule is O=C(N[C@@H]1CO[C@H]2[C@@H]1OC[C@H]2O)c1ccc(-c2cnco2)cc1. The zero-order chi connectivity index (χ0) is 15.8. The molecule has 2 fully saturated rings. The van der Waals surface area contributed by atoms with Crippen molar-refractivity contribution in [1.82, 2.24) is 10.3 Å². The van der Waals surface area contributed by atoms with Gasteiger partial charge < -0.3 is 24.3 Å². The van der Waals surface area contributed by atoms with E-state index in [4.69, 9.17) is 13.9 Å². The standard InChI is InChI=1S/C16H16N2O5/c19-12-7-22-14-11(6-21-15(12)14)18-16(20)10-3-1-9(2-4-10)13-5-17-8-23-13/h1-5,8,11-12,14-15,19H,6-7H2,(H,18,20)/t11-,12-,14-,15-/m1/s1. The second-order valence-electron chi connectivity index (χ2n) is 5.69. The number of benzene rings is 1. The van der Waals surface area contributed by atoms with Crippen molar-refractivity contribution in [2.24, 2.45) is 0 Å². The van der Waals surface area contributed by atoms with Crippen LogP contribution in [0.4, 0.5) is 0 Å². The van der Waals surface area contributed by atoms with Gasteiger partial charge in [0.2, 0.25) is 0 Å². The van der Waals surface area contributed by atoms with Crippen LogP contribution in [0.2, 0.25) is 0 Å². The number of hydrogen-bond donors (Lipinski definition) is 2. The van der Waals surface area contributed by atoms with Crippen molar-refractivity contribution >= 4 is 5.91 Å². The summed E-state index contributed by atoms with van der Waals surface area (Å²) in [6, 6.07) is 6.81. The lowest BCUT2D eigenvalue weighted by molar-refractivity contribution is 0.0178. The van der Waals surface area contributed by atoms with Gasteiger partial charge in [0.1, 0.15) is 18.3 Å². The Morgan fingerprint density at radius 2 is 1.96 bits per heavy atom. The molecular formula is C16H16N2O5. The van der Waals surface area contributed by atoms with E-state index in [1.807, 2.05) is 0 Å². The van der Waals surface area contributed by atoms with Gasteiger partial charge in [-0.3, -0.25) is 4.79 Å². The highest BCUT2D eigenvalue weighted by Crippen LogP contribution is 2.27. The predicted octanol–water partition coefficient (Wildman–Crippen LogP) is 0.599. The second kappa shape index (κ2) is 5.77. The maximum atomic E-state index is 12.3. The van der Waals surface area contributed by atoms with Gasteiger partial charge in [0, 0.05) is 11.1 Å². The van der Waals surface area contributed by atoms with Crippen LogP contribution < -0.4 is 5.32 Å². The molecule has 1 aromatic heterocycles. The zero-order valence-corrected chi connectivity index (χ0v) is 12.2. The Balaban J connectivity index is 1.43. The molecule has 7 nitrogen and oxygen atoms in total. The van der Waals surface area contributed by atoms with Gasteiger partial charge in [-0.25, -0.2) is 4.98 Å². The maximum absolute atomic E-state index is 12.3. The molecule has 4 rings (SSSR count). The summed E-state index contributed by atoms with van der Waals surface area (Å²) in [4.78, 5) is 16.2. The molecule has 2 saturated heterocycles. The van der Waals surface area contributed by atoms with Gasteiger partial charge in [-0.2, -0.15) is 0 Å². The Morgan fingerprint density at radius 1 is 1.17 bits per heavy atom. The topological polar surface area (TPSA) is 93.8 Å². The van der Waals surface area contributed by atoms with E-state index in [0.717, 1.165) is 5.56 Å². The van der Waals surface area contributed by atoms with Gasteiger partial charge >= 0.3 is 0 Å². The molecule has 2 N–H and O–H groups in total. The second-order valence-corrected chi connectivity index (χ2v) is 5.69. The van der Waals surface area contributed by atoms with Crippen LogP contribution in [0.15, 0.2) is 41.3 Å². The number of fused-ring (bicyclic) bond motifs is 1. The Bertz CT molecular complexity index is 685. The average Bonchev–Trinajstić information content (AvgIpc) is 3.29. The van der Waals surface area contributed by atoms with Crippen molar-refractivity contribution in [3.63, 3.8) is 0 Å². The van der Waals surface area contributed by atoms with Gasteiger partial charge in [-0.05, 0) is 12.1 Å². The number of rotatable bonds is 3. The third-order valence-corrected chi connectivity index (χ3v) is 4.21. The number of nitrogens with one attached hydrogen (secondary N) is 1. The van der Waals surface area contributed by atoms with Gasteiger partial charge in [0.05, 0.1) is 25.5 Å². The van der Waals surface area contributed by atoms with Crippen LogP contribution >= 0.6 is 0 Å². The molecule has 120 valence electrons.